The molecule has 0 N–H and O–H groups in total. The quantitative estimate of drug-likeness (QED) is 0.126. The summed E-state index contributed by atoms with van der Waals surface area (Å²) in [6, 6.07) is 14.8. The molecule has 1 unspecified atom stereocenters. The van der Waals surface area contributed by atoms with Gasteiger partial charge in [-0.05, 0) is 0 Å². The standard InChI is InChI=1S/C34H58F7NO8Si6/c1-44-55(45-2,46-3)25-53(11,12)29-19-15-27(16-20-29)51(7,8)23-42(31(43)32(35,33(36,37)38)50-34(39,40)41)24-52(9,10)28-17-21-30(22-18-28)54(13,14)26-56(47-4,48-5)49-6/h15-22H,23-26H2,1-14H3. The van der Waals surface area contributed by atoms with Crippen LogP contribution in [0.1, 0.15) is 0 Å². The lowest BCUT2D eigenvalue weighted by Gasteiger charge is -2.40. The van der Waals surface area contributed by atoms with Gasteiger partial charge < -0.3 is 31.5 Å². The number of carbonyl (C=O) groups excluding carboxylic acids is 1. The van der Waals surface area contributed by atoms with Crippen molar-refractivity contribution in [3.63, 3.8) is 0 Å². The lowest BCUT2D eigenvalue weighted by molar-refractivity contribution is -0.434. The number of carbonyl (C=O) groups is 1. The average Bonchev–Trinajstić information content (AvgIpc) is 3.11. The molecule has 2 aromatic carbocycles. The van der Waals surface area contributed by atoms with Crippen molar-refractivity contribution in [3.05, 3.63) is 48.5 Å². The molecule has 0 aromatic heterocycles. The van der Waals surface area contributed by atoms with Gasteiger partial charge in [0.05, 0.1) is 16.1 Å². The Bertz CT molecular complexity index is 1480. The molecule has 0 bridgehead atoms. The number of halogens is 7. The van der Waals surface area contributed by atoms with Gasteiger partial charge in [0, 0.05) is 66.3 Å². The van der Waals surface area contributed by atoms with Crippen molar-refractivity contribution in [2.75, 3.05) is 55.0 Å². The van der Waals surface area contributed by atoms with Gasteiger partial charge >= 0.3 is 36.0 Å². The van der Waals surface area contributed by atoms with Gasteiger partial charge in [-0.15, -0.1) is 13.2 Å². The highest BCUT2D eigenvalue weighted by Gasteiger charge is 2.69. The topological polar surface area (TPSA) is 84.9 Å². The Labute approximate surface area is 332 Å². The monoisotopic (exact) mass is 909 g/mol. The highest BCUT2D eigenvalue weighted by Crippen LogP contribution is 2.41. The average molecular weight is 910 g/mol. The van der Waals surface area contributed by atoms with Crippen LogP contribution in [0.5, 0.6) is 0 Å². The maximum absolute atomic E-state index is 15.7. The van der Waals surface area contributed by atoms with Crippen LogP contribution in [0, 0.1) is 0 Å². The fraction of sp³-hybridized carbons (Fsp3) is 0.618. The minimum Gasteiger partial charge on any atom is -0.377 e. The second-order valence-corrected chi connectivity index (χ2v) is 42.5. The van der Waals surface area contributed by atoms with Gasteiger partial charge in [0.25, 0.3) is 5.91 Å². The lowest BCUT2D eigenvalue weighted by atomic mass is 10.2. The molecule has 0 radical (unpaired) electrons. The molecule has 0 aliphatic heterocycles. The van der Waals surface area contributed by atoms with Crippen LogP contribution in [-0.4, -0.2) is 134 Å². The largest absolute Gasteiger partial charge is 0.525 e. The Morgan fingerprint density at radius 1 is 0.500 bits per heavy atom. The van der Waals surface area contributed by atoms with E-state index < -0.39 is 86.5 Å². The summed E-state index contributed by atoms with van der Waals surface area (Å²) >= 11 is 0. The summed E-state index contributed by atoms with van der Waals surface area (Å²) in [6.45, 7) is 15.5. The van der Waals surface area contributed by atoms with Crippen molar-refractivity contribution in [2.24, 2.45) is 0 Å². The minimum atomic E-state index is -6.33. The van der Waals surface area contributed by atoms with Crippen LogP contribution in [0.2, 0.25) is 63.7 Å². The van der Waals surface area contributed by atoms with Crippen LogP contribution in [0.25, 0.3) is 0 Å². The summed E-state index contributed by atoms with van der Waals surface area (Å²) in [6.07, 6.45) is -13.3. The van der Waals surface area contributed by atoms with Crippen molar-refractivity contribution in [1.29, 1.82) is 0 Å². The maximum Gasteiger partial charge on any atom is 0.525 e. The van der Waals surface area contributed by atoms with E-state index in [-0.39, 0.29) is 0 Å². The minimum absolute atomic E-state index is 0.422. The normalized spacial score (nSPS) is 15.2. The molecule has 0 aliphatic rings. The number of benzene rings is 2. The molecule has 22 heteroatoms. The fourth-order valence-corrected chi connectivity index (χ4v) is 28.9. The number of amides is 1. The molecule has 56 heavy (non-hydrogen) atoms. The van der Waals surface area contributed by atoms with Crippen LogP contribution in [0.3, 0.4) is 0 Å². The highest BCUT2D eigenvalue weighted by molar-refractivity contribution is 6.99. The zero-order valence-electron chi connectivity index (χ0n) is 34.8. The highest BCUT2D eigenvalue weighted by atomic mass is 28.4. The molecule has 2 rings (SSSR count). The second kappa shape index (κ2) is 18.4. The molecule has 0 fully saturated rings. The van der Waals surface area contributed by atoms with Crippen LogP contribution >= 0.6 is 0 Å². The predicted molar refractivity (Wildman–Crippen MR) is 218 cm³/mol. The Kier molecular flexibility index (Phi) is 16.6. The van der Waals surface area contributed by atoms with Gasteiger partial charge in [-0.25, -0.2) is 4.74 Å². The summed E-state index contributed by atoms with van der Waals surface area (Å²) < 4.78 is 135. The first kappa shape index (κ1) is 50.6. The predicted octanol–water partition coefficient (Wildman–Crippen LogP) is 5.55. The van der Waals surface area contributed by atoms with Crippen molar-refractivity contribution in [1.82, 2.24) is 4.90 Å². The van der Waals surface area contributed by atoms with Gasteiger partial charge in [0.2, 0.25) is 0 Å². The number of hydrogen-bond donors (Lipinski definition) is 0. The summed E-state index contributed by atoms with van der Waals surface area (Å²) in [5.41, 5.74) is 1.11. The molecule has 0 spiro atoms. The Balaban J connectivity index is 2.62. The Morgan fingerprint density at radius 2 is 0.750 bits per heavy atom. The van der Waals surface area contributed by atoms with Gasteiger partial charge in [0.1, 0.15) is 16.1 Å². The number of alkyl halides is 7. The smallest absolute Gasteiger partial charge is 0.377 e. The third-order valence-electron chi connectivity index (χ3n) is 10.4. The van der Waals surface area contributed by atoms with Crippen LogP contribution in [-0.2, 0) is 36.1 Å². The van der Waals surface area contributed by atoms with E-state index in [1.165, 1.54) is 42.7 Å². The van der Waals surface area contributed by atoms with E-state index >= 15 is 4.39 Å². The number of ether oxygens (including phenoxy) is 1. The molecule has 0 saturated carbocycles. The van der Waals surface area contributed by atoms with Gasteiger partial charge in [-0.3, -0.25) is 4.79 Å². The third-order valence-corrected chi connectivity index (χ3v) is 34.6. The molecule has 9 nitrogen and oxygen atoms in total. The van der Waals surface area contributed by atoms with E-state index in [9.17, 15) is 31.1 Å². The molecule has 1 amide bonds. The van der Waals surface area contributed by atoms with E-state index in [2.05, 4.69) is 30.9 Å². The van der Waals surface area contributed by atoms with Crippen LogP contribution < -0.4 is 20.7 Å². The van der Waals surface area contributed by atoms with E-state index in [4.69, 9.17) is 26.6 Å². The molecule has 2 aromatic rings. The molecule has 1 atom stereocenters. The van der Waals surface area contributed by atoms with E-state index in [1.807, 2.05) is 48.5 Å². The van der Waals surface area contributed by atoms with Crippen LogP contribution in [0.4, 0.5) is 30.7 Å². The fourth-order valence-electron chi connectivity index (χ4n) is 6.89. The van der Waals surface area contributed by atoms with Crippen molar-refractivity contribution in [3.8, 4) is 0 Å². The van der Waals surface area contributed by atoms with E-state index in [0.717, 1.165) is 10.4 Å². The second-order valence-electron chi connectivity index (χ2n) is 16.4. The van der Waals surface area contributed by atoms with E-state index in [0.29, 0.717) is 26.6 Å². The molecule has 0 aliphatic carbocycles. The first-order valence-corrected chi connectivity index (χ1v) is 34.4. The first-order valence-electron chi connectivity index (χ1n) is 17.7. The first-order chi connectivity index (χ1) is 25.4. The van der Waals surface area contributed by atoms with Gasteiger partial charge in [-0.1, -0.05) is 122 Å². The maximum atomic E-state index is 15.7. The van der Waals surface area contributed by atoms with Gasteiger partial charge in [-0.2, -0.15) is 17.6 Å². The van der Waals surface area contributed by atoms with Crippen molar-refractivity contribution in [2.45, 2.75) is 82.1 Å². The zero-order valence-corrected chi connectivity index (χ0v) is 40.8. The van der Waals surface area contributed by atoms with Gasteiger partial charge in [0.15, 0.2) is 0 Å². The van der Waals surface area contributed by atoms with Crippen LogP contribution in [0.15, 0.2) is 48.5 Å². The number of hydrogen-bond acceptors (Lipinski definition) is 8. The van der Waals surface area contributed by atoms with Crippen molar-refractivity contribution >= 4 is 76.6 Å². The molecule has 0 heterocycles. The summed E-state index contributed by atoms with van der Waals surface area (Å²) in [5, 5.41) is 3.40. The SMILES string of the molecule is CO[Si](C[Si](C)(C)c1ccc([Si](C)(C)CN(C[Si](C)(C)c2ccc([Si](C)(C)C[Si](OC)(OC)OC)cc2)C(=O)C(F)(OC(F)(F)F)C(F)(F)F)cc1)(OC)OC. The Hall–Kier alpha value is -1.56. The molecule has 320 valence electrons. The Morgan fingerprint density at radius 3 is 0.964 bits per heavy atom. The number of nitrogens with zero attached hydrogens (tertiary/aromatic N) is 1. The zero-order chi connectivity index (χ0) is 43.4. The number of rotatable bonds is 20. The molecular weight excluding hydrogens is 852 g/mol. The molecule has 0 saturated heterocycles. The summed E-state index contributed by atoms with van der Waals surface area (Å²) in [7, 11) is -7.31. The van der Waals surface area contributed by atoms with E-state index in [1.54, 1.807) is 26.2 Å². The summed E-state index contributed by atoms with van der Waals surface area (Å²) in [5.74, 6) is -8.11. The molecular formula is C34H58F7NO8Si6. The van der Waals surface area contributed by atoms with Crippen molar-refractivity contribution < 1.29 is 66.8 Å². The summed E-state index contributed by atoms with van der Waals surface area (Å²) in [4.78, 5) is 14.3. The lowest BCUT2D eigenvalue weighted by Crippen LogP contribution is -2.66. The third kappa shape index (κ3) is 12.0.